The van der Waals surface area contributed by atoms with Crippen molar-refractivity contribution in [3.8, 4) is 0 Å². The lowest BCUT2D eigenvalue weighted by molar-refractivity contribution is 0.0941. The third-order valence-electron chi connectivity index (χ3n) is 5.38. The summed E-state index contributed by atoms with van der Waals surface area (Å²) in [6.07, 6.45) is 3.07. The molecule has 3 aromatic carbocycles. The van der Waals surface area contributed by atoms with Gasteiger partial charge in [0.25, 0.3) is 5.91 Å². The second kappa shape index (κ2) is 8.40. The Labute approximate surface area is 182 Å². The summed E-state index contributed by atoms with van der Waals surface area (Å²) < 4.78 is 25.4. The fraction of sp³-hybridized carbons (Fsp3) is 0.160. The minimum atomic E-state index is -3.25. The number of nitrogens with zero attached hydrogens (tertiary/aromatic N) is 1. The lowest BCUT2D eigenvalue weighted by Gasteiger charge is -2.14. The van der Waals surface area contributed by atoms with Crippen molar-refractivity contribution in [1.82, 2.24) is 9.88 Å². The maximum atomic E-state index is 13.1. The Kier molecular flexibility index (Phi) is 5.65. The molecule has 1 unspecified atom stereocenters. The molecule has 5 nitrogen and oxygen atoms in total. The number of aromatic nitrogens is 1. The predicted octanol–water partition coefficient (Wildman–Crippen LogP) is 4.58. The fourth-order valence-corrected chi connectivity index (χ4v) is 4.33. The third kappa shape index (κ3) is 4.54. The van der Waals surface area contributed by atoms with Gasteiger partial charge in [0.05, 0.1) is 16.5 Å². The summed E-state index contributed by atoms with van der Waals surface area (Å²) in [6.45, 7) is 2.56. The van der Waals surface area contributed by atoms with Gasteiger partial charge in [0.15, 0.2) is 9.84 Å². The summed E-state index contributed by atoms with van der Waals surface area (Å²) in [5, 5.41) is 3.94. The first-order valence-electron chi connectivity index (χ1n) is 10.1. The van der Waals surface area contributed by atoms with Gasteiger partial charge in [0.1, 0.15) is 0 Å². The van der Waals surface area contributed by atoms with Crippen molar-refractivity contribution in [2.45, 2.75) is 24.4 Å². The van der Waals surface area contributed by atoms with E-state index in [0.717, 1.165) is 22.0 Å². The van der Waals surface area contributed by atoms with Gasteiger partial charge in [0, 0.05) is 29.9 Å². The summed E-state index contributed by atoms with van der Waals surface area (Å²) in [5.74, 6) is -0.164. The van der Waals surface area contributed by atoms with E-state index in [-0.39, 0.29) is 16.8 Å². The molecule has 0 spiro atoms. The molecule has 0 fully saturated rings. The molecular formula is C25H24N2O3S. The Hall–Kier alpha value is -3.38. The zero-order valence-electron chi connectivity index (χ0n) is 17.4. The molecule has 0 aliphatic heterocycles. The number of para-hydroxylation sites is 1. The van der Waals surface area contributed by atoms with Crippen LogP contribution in [-0.4, -0.2) is 25.1 Å². The van der Waals surface area contributed by atoms with E-state index in [1.54, 1.807) is 24.3 Å². The van der Waals surface area contributed by atoms with Gasteiger partial charge in [-0.2, -0.15) is 0 Å². The Morgan fingerprint density at radius 3 is 2.26 bits per heavy atom. The van der Waals surface area contributed by atoms with Crippen LogP contribution in [0.25, 0.3) is 10.9 Å². The predicted molar refractivity (Wildman–Crippen MR) is 123 cm³/mol. The van der Waals surface area contributed by atoms with Gasteiger partial charge >= 0.3 is 0 Å². The molecule has 4 rings (SSSR count). The number of hydrogen-bond donors (Lipinski definition) is 1. The van der Waals surface area contributed by atoms with Crippen LogP contribution in [0.3, 0.4) is 0 Å². The number of nitrogens with one attached hydrogen (secondary N) is 1. The Morgan fingerprint density at radius 2 is 1.58 bits per heavy atom. The number of benzene rings is 3. The highest BCUT2D eigenvalue weighted by molar-refractivity contribution is 7.90. The molecule has 1 aromatic heterocycles. The lowest BCUT2D eigenvalue weighted by Crippen LogP contribution is -2.26. The van der Waals surface area contributed by atoms with Crippen molar-refractivity contribution in [3.63, 3.8) is 0 Å². The van der Waals surface area contributed by atoms with Crippen LogP contribution in [0.4, 0.5) is 0 Å². The van der Waals surface area contributed by atoms with Crippen LogP contribution >= 0.6 is 0 Å². The molecule has 158 valence electrons. The van der Waals surface area contributed by atoms with Crippen molar-refractivity contribution in [2.24, 2.45) is 0 Å². The van der Waals surface area contributed by atoms with Crippen LogP contribution < -0.4 is 5.32 Å². The molecule has 0 saturated heterocycles. The van der Waals surface area contributed by atoms with Gasteiger partial charge < -0.3 is 9.88 Å². The van der Waals surface area contributed by atoms with Crippen molar-refractivity contribution in [1.29, 1.82) is 0 Å². The van der Waals surface area contributed by atoms with Gasteiger partial charge in [0.2, 0.25) is 0 Å². The monoisotopic (exact) mass is 432 g/mol. The van der Waals surface area contributed by atoms with Crippen LogP contribution in [0.15, 0.2) is 90.0 Å². The molecule has 1 heterocycles. The summed E-state index contributed by atoms with van der Waals surface area (Å²) in [7, 11) is -3.25. The molecule has 0 aliphatic carbocycles. The molecule has 1 N–H and O–H groups in total. The van der Waals surface area contributed by atoms with E-state index < -0.39 is 9.84 Å². The summed E-state index contributed by atoms with van der Waals surface area (Å²) in [4.78, 5) is 13.4. The second-order valence-electron chi connectivity index (χ2n) is 7.71. The maximum Gasteiger partial charge on any atom is 0.253 e. The minimum Gasteiger partial charge on any atom is -0.345 e. The van der Waals surface area contributed by atoms with Crippen molar-refractivity contribution >= 4 is 26.6 Å². The first-order valence-corrected chi connectivity index (χ1v) is 11.9. The van der Waals surface area contributed by atoms with E-state index in [1.807, 2.05) is 55.6 Å². The van der Waals surface area contributed by atoms with Crippen LogP contribution in [0.2, 0.25) is 0 Å². The number of amides is 1. The number of carbonyl (C=O) groups is 1. The molecule has 6 heteroatoms. The van der Waals surface area contributed by atoms with E-state index >= 15 is 0 Å². The van der Waals surface area contributed by atoms with E-state index in [1.165, 1.54) is 6.26 Å². The average molecular weight is 433 g/mol. The minimum absolute atomic E-state index is 0.164. The molecule has 1 atom stereocenters. The van der Waals surface area contributed by atoms with E-state index in [0.29, 0.717) is 12.1 Å². The Bertz CT molecular complexity index is 1320. The van der Waals surface area contributed by atoms with Gasteiger partial charge in [-0.05, 0) is 36.2 Å². The summed E-state index contributed by atoms with van der Waals surface area (Å²) in [5.41, 5.74) is 3.62. The molecule has 0 radical (unpaired) electrons. The maximum absolute atomic E-state index is 13.1. The van der Waals surface area contributed by atoms with Gasteiger partial charge in [-0.1, -0.05) is 60.7 Å². The van der Waals surface area contributed by atoms with Gasteiger partial charge in [-0.3, -0.25) is 4.79 Å². The smallest absolute Gasteiger partial charge is 0.253 e. The van der Waals surface area contributed by atoms with Crippen LogP contribution in [-0.2, 0) is 16.4 Å². The standard InChI is InChI=1S/C25H24N2O3S/c1-18(20-12-14-21(15-13-20)31(2,29)30)26-25(28)23-17-27(16-19-8-4-3-5-9-19)24-11-7-6-10-22(23)24/h3-15,17-18H,16H2,1-2H3,(H,26,28). The largest absolute Gasteiger partial charge is 0.345 e. The molecule has 0 aliphatic rings. The van der Waals surface area contributed by atoms with Gasteiger partial charge in [-0.25, -0.2) is 8.42 Å². The summed E-state index contributed by atoms with van der Waals surface area (Å²) >= 11 is 0. The highest BCUT2D eigenvalue weighted by atomic mass is 32.2. The van der Waals surface area contributed by atoms with Crippen molar-refractivity contribution in [3.05, 3.63) is 102 Å². The SMILES string of the molecule is CC(NC(=O)c1cn(Cc2ccccc2)c2ccccc12)c1ccc(S(C)(=O)=O)cc1. The fourth-order valence-electron chi connectivity index (χ4n) is 3.70. The molecular weight excluding hydrogens is 408 g/mol. The normalized spacial score (nSPS) is 12.6. The number of fused-ring (bicyclic) bond motifs is 1. The first-order chi connectivity index (χ1) is 14.8. The summed E-state index contributed by atoms with van der Waals surface area (Å²) in [6, 6.07) is 24.3. The Morgan fingerprint density at radius 1 is 0.935 bits per heavy atom. The average Bonchev–Trinajstić information content (AvgIpc) is 3.12. The molecule has 31 heavy (non-hydrogen) atoms. The van der Waals surface area contributed by atoms with Crippen molar-refractivity contribution < 1.29 is 13.2 Å². The number of carbonyl (C=O) groups excluding carboxylic acids is 1. The Balaban J connectivity index is 1.59. The topological polar surface area (TPSA) is 68.2 Å². The van der Waals surface area contributed by atoms with Crippen molar-refractivity contribution in [2.75, 3.05) is 6.26 Å². The number of sulfone groups is 1. The zero-order valence-corrected chi connectivity index (χ0v) is 18.3. The first kappa shape index (κ1) is 20.9. The molecule has 0 bridgehead atoms. The van der Waals surface area contributed by atoms with E-state index in [4.69, 9.17) is 0 Å². The van der Waals surface area contributed by atoms with Crippen LogP contribution in [0.1, 0.15) is 34.5 Å². The van der Waals surface area contributed by atoms with E-state index in [9.17, 15) is 13.2 Å². The lowest BCUT2D eigenvalue weighted by atomic mass is 10.1. The molecule has 0 saturated carbocycles. The van der Waals surface area contributed by atoms with Gasteiger partial charge in [-0.15, -0.1) is 0 Å². The number of hydrogen-bond acceptors (Lipinski definition) is 3. The zero-order chi connectivity index (χ0) is 22.0. The van der Waals surface area contributed by atoms with E-state index in [2.05, 4.69) is 22.0 Å². The highest BCUT2D eigenvalue weighted by Crippen LogP contribution is 2.24. The number of rotatable bonds is 6. The van der Waals surface area contributed by atoms with Crippen LogP contribution in [0, 0.1) is 0 Å². The third-order valence-corrected chi connectivity index (χ3v) is 6.51. The molecule has 4 aromatic rings. The molecule has 1 amide bonds. The highest BCUT2D eigenvalue weighted by Gasteiger charge is 2.18. The quantitative estimate of drug-likeness (QED) is 0.485. The van der Waals surface area contributed by atoms with Crippen LogP contribution in [0.5, 0.6) is 0 Å². The second-order valence-corrected chi connectivity index (χ2v) is 9.73.